The van der Waals surface area contributed by atoms with Gasteiger partial charge in [0.25, 0.3) is 5.56 Å². The minimum atomic E-state index is -1.00. The van der Waals surface area contributed by atoms with Crippen LogP contribution < -0.4 is 5.56 Å². The van der Waals surface area contributed by atoms with E-state index in [9.17, 15) is 23.5 Å². The molecule has 0 saturated heterocycles. The highest BCUT2D eigenvalue weighted by atomic mass is 19.1. The van der Waals surface area contributed by atoms with Gasteiger partial charge in [0.1, 0.15) is 17.3 Å². The van der Waals surface area contributed by atoms with Crippen LogP contribution in [0.15, 0.2) is 23.0 Å². The number of esters is 1. The van der Waals surface area contributed by atoms with E-state index in [1.165, 1.54) is 6.07 Å². The maximum atomic E-state index is 14.3. The summed E-state index contributed by atoms with van der Waals surface area (Å²) in [6.45, 7) is 3.31. The summed E-state index contributed by atoms with van der Waals surface area (Å²) in [6.07, 6.45) is 0.337. The molecule has 0 aliphatic carbocycles. The van der Waals surface area contributed by atoms with Gasteiger partial charge in [-0.1, -0.05) is 6.92 Å². The Bertz CT molecular complexity index is 1070. The molecule has 3 aromatic rings. The number of nitrogens with one attached hydrogen (secondary N) is 1. The van der Waals surface area contributed by atoms with Crippen molar-refractivity contribution in [1.29, 1.82) is 0 Å². The average molecular weight is 363 g/mol. The van der Waals surface area contributed by atoms with Crippen LogP contribution in [0.5, 0.6) is 5.88 Å². The largest absolute Gasteiger partial charge is 0.492 e. The monoisotopic (exact) mass is 363 g/mol. The average Bonchev–Trinajstić information content (AvgIpc) is 2.94. The number of nitrogens with zero attached hydrogens (tertiary/aromatic N) is 2. The number of aromatic amines is 1. The molecule has 1 aromatic carbocycles. The van der Waals surface area contributed by atoms with Gasteiger partial charge in [-0.3, -0.25) is 4.79 Å². The van der Waals surface area contributed by atoms with Crippen LogP contribution in [0.25, 0.3) is 16.8 Å². The lowest BCUT2D eigenvalue weighted by Crippen LogP contribution is -2.22. The fourth-order valence-electron chi connectivity index (χ4n) is 2.72. The molecule has 2 N–H and O–H groups in total. The number of rotatable bonds is 4. The summed E-state index contributed by atoms with van der Waals surface area (Å²) in [6, 6.07) is 3.00. The summed E-state index contributed by atoms with van der Waals surface area (Å²) in [5.74, 6) is -3.31. The van der Waals surface area contributed by atoms with E-state index in [1.807, 2.05) is 0 Å². The van der Waals surface area contributed by atoms with Gasteiger partial charge in [-0.25, -0.2) is 13.6 Å². The summed E-state index contributed by atoms with van der Waals surface area (Å²) in [5.41, 5.74) is -0.953. The number of carbonyl (C=O) groups is 1. The Morgan fingerprint density at radius 2 is 2.08 bits per heavy atom. The second-order valence-electron chi connectivity index (χ2n) is 5.43. The fraction of sp³-hybridized carbons (Fsp3) is 0.235. The van der Waals surface area contributed by atoms with E-state index >= 15 is 0 Å². The van der Waals surface area contributed by atoms with Gasteiger partial charge in [0.15, 0.2) is 5.56 Å². The number of carbonyl (C=O) groups excluding carboxylic acids is 1. The summed E-state index contributed by atoms with van der Waals surface area (Å²) >= 11 is 0. The first kappa shape index (κ1) is 17.6. The predicted octanol–water partition coefficient (Wildman–Crippen LogP) is 2.41. The Kier molecular flexibility index (Phi) is 4.45. The number of fused-ring (bicyclic) bond motifs is 1. The number of ether oxygens (including phenoxy) is 1. The maximum Gasteiger partial charge on any atom is 0.349 e. The van der Waals surface area contributed by atoms with Crippen LogP contribution in [0.3, 0.4) is 0 Å². The van der Waals surface area contributed by atoms with Crippen molar-refractivity contribution in [2.75, 3.05) is 6.61 Å². The molecule has 0 fully saturated rings. The van der Waals surface area contributed by atoms with Crippen molar-refractivity contribution >= 4 is 11.6 Å². The Hall–Kier alpha value is -3.23. The van der Waals surface area contributed by atoms with E-state index in [2.05, 4.69) is 10.1 Å². The van der Waals surface area contributed by atoms with Gasteiger partial charge in [0, 0.05) is 11.6 Å². The van der Waals surface area contributed by atoms with Crippen LogP contribution in [-0.4, -0.2) is 32.3 Å². The molecule has 0 atom stereocenters. The van der Waals surface area contributed by atoms with Crippen LogP contribution in [0, 0.1) is 11.6 Å². The minimum Gasteiger partial charge on any atom is -0.492 e. The van der Waals surface area contributed by atoms with Crippen molar-refractivity contribution in [2.24, 2.45) is 0 Å². The minimum absolute atomic E-state index is 0.0112. The van der Waals surface area contributed by atoms with Gasteiger partial charge in [0.05, 0.1) is 17.9 Å². The van der Waals surface area contributed by atoms with E-state index in [4.69, 9.17) is 4.74 Å². The molecular formula is C17H15F2N3O4. The van der Waals surface area contributed by atoms with Gasteiger partial charge in [-0.2, -0.15) is 9.61 Å². The maximum absolute atomic E-state index is 14.3. The van der Waals surface area contributed by atoms with E-state index < -0.39 is 34.6 Å². The van der Waals surface area contributed by atoms with Crippen LogP contribution in [0.4, 0.5) is 8.78 Å². The number of hydrogen-bond donors (Lipinski definition) is 2. The lowest BCUT2D eigenvalue weighted by Gasteiger charge is -2.06. The molecule has 0 spiro atoms. The second kappa shape index (κ2) is 6.58. The van der Waals surface area contributed by atoms with Crippen molar-refractivity contribution in [3.05, 3.63) is 51.4 Å². The van der Waals surface area contributed by atoms with Crippen LogP contribution in [-0.2, 0) is 11.2 Å². The first-order valence-electron chi connectivity index (χ1n) is 7.88. The SMILES string of the molecule is CCOC(=O)c1c(O)n2nc(CC)c(-c3ccc(F)cc3F)c2[nH]c1=O. The van der Waals surface area contributed by atoms with Crippen LogP contribution >= 0.6 is 0 Å². The Labute approximate surface area is 145 Å². The van der Waals surface area contributed by atoms with Gasteiger partial charge >= 0.3 is 5.97 Å². The molecule has 2 aromatic heterocycles. The topological polar surface area (TPSA) is 96.7 Å². The lowest BCUT2D eigenvalue weighted by atomic mass is 10.0. The molecule has 9 heteroatoms. The molecule has 7 nitrogen and oxygen atoms in total. The van der Waals surface area contributed by atoms with Crippen molar-refractivity contribution in [2.45, 2.75) is 20.3 Å². The number of aromatic nitrogens is 3. The van der Waals surface area contributed by atoms with E-state index in [0.717, 1.165) is 10.6 Å². The number of benzene rings is 1. The van der Waals surface area contributed by atoms with E-state index in [-0.39, 0.29) is 23.4 Å². The van der Waals surface area contributed by atoms with Crippen LogP contribution in [0.1, 0.15) is 29.9 Å². The van der Waals surface area contributed by atoms with Crippen molar-refractivity contribution in [1.82, 2.24) is 14.6 Å². The third kappa shape index (κ3) is 2.71. The van der Waals surface area contributed by atoms with Crippen molar-refractivity contribution in [3.8, 4) is 17.0 Å². The molecule has 2 heterocycles. The molecule has 0 aliphatic rings. The number of H-pyrrole nitrogens is 1. The van der Waals surface area contributed by atoms with Gasteiger partial charge in [-0.05, 0) is 25.5 Å². The molecule has 0 bridgehead atoms. The lowest BCUT2D eigenvalue weighted by molar-refractivity contribution is 0.0519. The van der Waals surface area contributed by atoms with Crippen molar-refractivity contribution < 1.29 is 23.4 Å². The highest BCUT2D eigenvalue weighted by Crippen LogP contribution is 2.32. The second-order valence-corrected chi connectivity index (χ2v) is 5.43. The fourth-order valence-corrected chi connectivity index (χ4v) is 2.72. The number of halogens is 2. The number of aromatic hydroxyl groups is 1. The zero-order valence-corrected chi connectivity index (χ0v) is 14.0. The molecule has 26 heavy (non-hydrogen) atoms. The first-order valence-corrected chi connectivity index (χ1v) is 7.88. The highest BCUT2D eigenvalue weighted by molar-refractivity contribution is 5.92. The molecule has 0 aliphatic heterocycles. The third-order valence-electron chi connectivity index (χ3n) is 3.86. The zero-order chi connectivity index (χ0) is 19.0. The molecule has 3 rings (SSSR count). The Balaban J connectivity index is 2.35. The van der Waals surface area contributed by atoms with Crippen LogP contribution in [0.2, 0.25) is 0 Å². The van der Waals surface area contributed by atoms with Gasteiger partial charge in [0.2, 0.25) is 5.88 Å². The first-order chi connectivity index (χ1) is 12.4. The molecule has 0 radical (unpaired) electrons. The summed E-state index contributed by atoms with van der Waals surface area (Å²) in [5, 5.41) is 14.5. The number of hydrogen-bond acceptors (Lipinski definition) is 5. The summed E-state index contributed by atoms with van der Waals surface area (Å²) in [4.78, 5) is 26.6. The smallest absolute Gasteiger partial charge is 0.349 e. The molecule has 0 unspecified atom stereocenters. The highest BCUT2D eigenvalue weighted by Gasteiger charge is 2.26. The quantitative estimate of drug-likeness (QED) is 0.694. The van der Waals surface area contributed by atoms with Gasteiger partial charge < -0.3 is 14.8 Å². The van der Waals surface area contributed by atoms with E-state index in [0.29, 0.717) is 18.2 Å². The Morgan fingerprint density at radius 1 is 1.35 bits per heavy atom. The van der Waals surface area contributed by atoms with Crippen molar-refractivity contribution in [3.63, 3.8) is 0 Å². The molecule has 0 amide bonds. The predicted molar refractivity (Wildman–Crippen MR) is 88.2 cm³/mol. The summed E-state index contributed by atoms with van der Waals surface area (Å²) < 4.78 is 33.2. The van der Waals surface area contributed by atoms with Gasteiger partial charge in [-0.15, -0.1) is 0 Å². The standard InChI is InChI=1S/C17H15F2N3O4/c1-3-11-12(9-6-5-8(18)7-10(9)19)14-20-15(23)13(17(25)26-4-2)16(24)22(14)21-11/h5-7,24H,3-4H2,1-2H3,(H,20,23). The normalized spacial score (nSPS) is 11.1. The number of aryl methyl sites for hydroxylation is 1. The summed E-state index contributed by atoms with van der Waals surface area (Å²) in [7, 11) is 0. The molecular weight excluding hydrogens is 348 g/mol. The van der Waals surface area contributed by atoms with E-state index in [1.54, 1.807) is 13.8 Å². The molecule has 0 saturated carbocycles. The molecule has 136 valence electrons. The third-order valence-corrected chi connectivity index (χ3v) is 3.86. The Morgan fingerprint density at radius 3 is 2.69 bits per heavy atom. The zero-order valence-electron chi connectivity index (χ0n) is 14.0.